The molecule has 1 aliphatic rings. The largest absolute Gasteiger partial charge is 0.463 e. The van der Waals surface area contributed by atoms with Crippen LogP contribution in [0.15, 0.2) is 71.9 Å². The maximum absolute atomic E-state index is 12.9. The van der Waals surface area contributed by atoms with Gasteiger partial charge in [-0.2, -0.15) is 5.26 Å². The van der Waals surface area contributed by atoms with Crippen molar-refractivity contribution in [3.05, 3.63) is 77.5 Å². The Kier molecular flexibility index (Phi) is 6.78. The monoisotopic (exact) mass is 420 g/mol. The Hall–Kier alpha value is -3.70. The highest BCUT2D eigenvalue weighted by Gasteiger charge is 2.38. The molecule has 2 aromatic carbocycles. The second-order valence-corrected chi connectivity index (χ2v) is 6.85. The number of esters is 1. The average Bonchev–Trinajstić information content (AvgIpc) is 2.75. The minimum absolute atomic E-state index is 0.113. The van der Waals surface area contributed by atoms with E-state index < -0.39 is 24.0 Å². The Bertz CT molecular complexity index is 1020. The summed E-state index contributed by atoms with van der Waals surface area (Å²) in [7, 11) is 0. The van der Waals surface area contributed by atoms with E-state index in [2.05, 4.69) is 22.0 Å². The highest BCUT2D eigenvalue weighted by atomic mass is 32.1. The number of anilines is 1. The van der Waals surface area contributed by atoms with Crippen LogP contribution in [0, 0.1) is 17.2 Å². The Labute approximate surface area is 179 Å². The molecule has 0 saturated heterocycles. The van der Waals surface area contributed by atoms with Crippen LogP contribution < -0.4 is 16.0 Å². The number of benzene rings is 2. The number of nitrogens with one attached hydrogen (secondary N) is 3. The molecule has 2 aromatic rings. The van der Waals surface area contributed by atoms with Crippen molar-refractivity contribution in [1.29, 1.82) is 5.26 Å². The van der Waals surface area contributed by atoms with E-state index in [1.165, 1.54) is 0 Å². The van der Waals surface area contributed by atoms with E-state index >= 15 is 0 Å². The van der Waals surface area contributed by atoms with Crippen LogP contribution in [-0.4, -0.2) is 23.6 Å². The van der Waals surface area contributed by atoms with Crippen molar-refractivity contribution in [2.75, 3.05) is 11.9 Å². The van der Waals surface area contributed by atoms with Crippen molar-refractivity contribution >= 4 is 34.9 Å². The summed E-state index contributed by atoms with van der Waals surface area (Å²) in [5.74, 6) is -1.69. The van der Waals surface area contributed by atoms with Crippen LogP contribution in [0.2, 0.25) is 0 Å². The van der Waals surface area contributed by atoms with Crippen molar-refractivity contribution < 1.29 is 14.3 Å². The predicted octanol–water partition coefficient (Wildman–Crippen LogP) is 3.44. The summed E-state index contributed by atoms with van der Waals surface area (Å²) >= 11 is 5.44. The summed E-state index contributed by atoms with van der Waals surface area (Å²) in [6, 6.07) is 18.9. The number of rotatable bonds is 6. The molecule has 8 heteroatoms. The number of urea groups is 1. The summed E-state index contributed by atoms with van der Waals surface area (Å²) in [6.07, 6.45) is 0. The number of amides is 2. The highest BCUT2D eigenvalue weighted by Crippen LogP contribution is 2.31. The summed E-state index contributed by atoms with van der Waals surface area (Å²) < 4.78 is 5.23. The first-order chi connectivity index (χ1) is 14.5. The minimum atomic E-state index is -1.06. The van der Waals surface area contributed by atoms with E-state index in [-0.39, 0.29) is 22.9 Å². The van der Waals surface area contributed by atoms with Gasteiger partial charge in [-0.05, 0) is 24.6 Å². The van der Waals surface area contributed by atoms with Gasteiger partial charge in [0.25, 0.3) is 0 Å². The van der Waals surface area contributed by atoms with Gasteiger partial charge >= 0.3 is 12.0 Å². The Balaban J connectivity index is 2.06. The first kappa shape index (κ1) is 21.0. The second kappa shape index (κ2) is 9.67. The molecule has 7 nitrogen and oxygen atoms in total. The zero-order valence-corrected chi connectivity index (χ0v) is 17.0. The second-order valence-electron chi connectivity index (χ2n) is 6.41. The van der Waals surface area contributed by atoms with Crippen LogP contribution in [0.5, 0.6) is 0 Å². The van der Waals surface area contributed by atoms with Gasteiger partial charge in [0.2, 0.25) is 0 Å². The van der Waals surface area contributed by atoms with Crippen molar-refractivity contribution in [1.82, 2.24) is 10.6 Å². The molecular weight excluding hydrogens is 400 g/mol. The lowest BCUT2D eigenvalue weighted by Gasteiger charge is -2.31. The number of hydrogen-bond donors (Lipinski definition) is 3. The maximum atomic E-state index is 12.9. The molecule has 0 aromatic heterocycles. The minimum Gasteiger partial charge on any atom is -0.463 e. The quantitative estimate of drug-likeness (QED) is 0.489. The Morgan fingerprint density at radius 3 is 2.43 bits per heavy atom. The fraction of sp³-hybridized carbons (Fsp3) is 0.182. The van der Waals surface area contributed by atoms with Gasteiger partial charge in [0.05, 0.1) is 30.0 Å². The number of carbonyl (C=O) groups is 2. The molecule has 2 amide bonds. The van der Waals surface area contributed by atoms with Crippen LogP contribution in [0.3, 0.4) is 0 Å². The van der Waals surface area contributed by atoms with Crippen molar-refractivity contribution in [2.24, 2.45) is 5.92 Å². The summed E-state index contributed by atoms with van der Waals surface area (Å²) in [6.45, 7) is 1.84. The fourth-order valence-electron chi connectivity index (χ4n) is 3.13. The van der Waals surface area contributed by atoms with Crippen LogP contribution in [0.25, 0.3) is 0 Å². The van der Waals surface area contributed by atoms with E-state index in [1.54, 1.807) is 43.3 Å². The predicted molar refractivity (Wildman–Crippen MR) is 116 cm³/mol. The molecule has 2 unspecified atom stereocenters. The standard InChI is InChI=1S/C22H20N4O3S/c1-2-29-21(27)17-18(14-9-5-3-6-10-14)25-22(28)26-19(17)16(13-23)20(30)24-15-11-7-4-8-12-15/h3-12,16,18H,2H2,1H3,(H,24,30)(H2,25,26,28). The van der Waals surface area contributed by atoms with Gasteiger partial charge in [-0.1, -0.05) is 60.7 Å². The first-order valence-corrected chi connectivity index (χ1v) is 9.75. The molecule has 152 valence electrons. The van der Waals surface area contributed by atoms with E-state index in [9.17, 15) is 14.9 Å². The van der Waals surface area contributed by atoms with Crippen LogP contribution in [0.4, 0.5) is 10.5 Å². The number of carbonyl (C=O) groups excluding carboxylic acids is 2. The van der Waals surface area contributed by atoms with Gasteiger partial charge in [-0.25, -0.2) is 9.59 Å². The molecule has 3 rings (SSSR count). The Morgan fingerprint density at radius 1 is 1.20 bits per heavy atom. The lowest BCUT2D eigenvalue weighted by atomic mass is 9.90. The molecule has 3 N–H and O–H groups in total. The van der Waals surface area contributed by atoms with Crippen molar-refractivity contribution in [3.8, 4) is 6.07 Å². The van der Waals surface area contributed by atoms with Gasteiger partial charge < -0.3 is 20.7 Å². The number of hydrogen-bond acceptors (Lipinski definition) is 5. The summed E-state index contributed by atoms with van der Waals surface area (Å²) in [5, 5.41) is 18.2. The third kappa shape index (κ3) is 4.64. The number of thiocarbonyl (C=S) groups is 1. The third-order valence-corrected chi connectivity index (χ3v) is 4.79. The van der Waals surface area contributed by atoms with E-state index in [0.29, 0.717) is 11.3 Å². The van der Waals surface area contributed by atoms with Crippen molar-refractivity contribution in [2.45, 2.75) is 13.0 Å². The van der Waals surface area contributed by atoms with E-state index in [4.69, 9.17) is 17.0 Å². The molecule has 0 radical (unpaired) electrons. The summed E-state index contributed by atoms with van der Waals surface area (Å²) in [4.78, 5) is 25.4. The first-order valence-electron chi connectivity index (χ1n) is 9.34. The van der Waals surface area contributed by atoms with Crippen molar-refractivity contribution in [3.63, 3.8) is 0 Å². The van der Waals surface area contributed by atoms with Crippen LogP contribution >= 0.6 is 12.2 Å². The van der Waals surface area contributed by atoms with Gasteiger partial charge in [0.15, 0.2) is 0 Å². The topological polar surface area (TPSA) is 103 Å². The number of para-hydroxylation sites is 1. The summed E-state index contributed by atoms with van der Waals surface area (Å²) in [5.41, 5.74) is 1.64. The average molecular weight is 420 g/mol. The SMILES string of the molecule is CCOC(=O)C1=C(C(C#N)C(=S)Nc2ccccc2)NC(=O)NC1c1ccccc1. The van der Waals surface area contributed by atoms with Gasteiger partial charge in [-0.15, -0.1) is 0 Å². The van der Waals surface area contributed by atoms with Gasteiger partial charge in [0, 0.05) is 5.69 Å². The van der Waals surface area contributed by atoms with Crippen LogP contribution in [0.1, 0.15) is 18.5 Å². The molecule has 0 spiro atoms. The third-order valence-electron chi connectivity index (χ3n) is 4.45. The van der Waals surface area contributed by atoms with Crippen LogP contribution in [-0.2, 0) is 9.53 Å². The lowest BCUT2D eigenvalue weighted by Crippen LogP contribution is -2.48. The highest BCUT2D eigenvalue weighted by molar-refractivity contribution is 7.80. The zero-order chi connectivity index (χ0) is 21.5. The van der Waals surface area contributed by atoms with Gasteiger partial charge in [-0.3, -0.25) is 0 Å². The molecule has 1 aliphatic heterocycles. The maximum Gasteiger partial charge on any atom is 0.338 e. The number of nitrogens with zero attached hydrogens (tertiary/aromatic N) is 1. The fourth-order valence-corrected chi connectivity index (χ4v) is 3.42. The smallest absolute Gasteiger partial charge is 0.338 e. The zero-order valence-electron chi connectivity index (χ0n) is 16.2. The molecule has 0 fully saturated rings. The molecule has 0 saturated carbocycles. The molecule has 30 heavy (non-hydrogen) atoms. The molecule has 1 heterocycles. The van der Waals surface area contributed by atoms with E-state index in [0.717, 1.165) is 0 Å². The molecule has 0 aliphatic carbocycles. The van der Waals surface area contributed by atoms with E-state index in [1.807, 2.05) is 24.3 Å². The molecule has 2 atom stereocenters. The molecule has 0 bridgehead atoms. The molecular formula is C22H20N4O3S. The lowest BCUT2D eigenvalue weighted by molar-refractivity contribution is -0.139. The number of nitriles is 1. The number of ether oxygens (including phenoxy) is 1. The Morgan fingerprint density at radius 2 is 1.83 bits per heavy atom. The van der Waals surface area contributed by atoms with Gasteiger partial charge in [0.1, 0.15) is 10.9 Å². The normalized spacial score (nSPS) is 16.5.